The van der Waals surface area contributed by atoms with Crippen LogP contribution in [0.5, 0.6) is 0 Å². The van der Waals surface area contributed by atoms with E-state index >= 15 is 0 Å². The molecule has 1 N–H and O–H groups in total. The molecule has 0 aromatic heterocycles. The molecule has 0 spiro atoms. The third-order valence-corrected chi connectivity index (χ3v) is 4.77. The van der Waals surface area contributed by atoms with Gasteiger partial charge in [0, 0.05) is 18.7 Å². The minimum absolute atomic E-state index is 0.00795. The molecule has 1 aliphatic rings. The lowest BCUT2D eigenvalue weighted by Crippen LogP contribution is -2.41. The highest BCUT2D eigenvalue weighted by Crippen LogP contribution is 2.24. The average Bonchev–Trinajstić information content (AvgIpc) is 2.95. The molecule has 1 aliphatic heterocycles. The molecule has 2 amide bonds. The fraction of sp³-hybridized carbons (Fsp3) is 0.364. The van der Waals surface area contributed by atoms with E-state index in [1.807, 2.05) is 44.2 Å². The number of benzene rings is 2. The number of amides is 2. The molecule has 4 nitrogen and oxygen atoms in total. The molecule has 3 rings (SSSR count). The maximum Gasteiger partial charge on any atom is 0.249 e. The van der Waals surface area contributed by atoms with Crippen molar-refractivity contribution >= 4 is 17.5 Å². The summed E-state index contributed by atoms with van der Waals surface area (Å²) in [4.78, 5) is 26.7. The van der Waals surface area contributed by atoms with E-state index in [9.17, 15) is 9.59 Å². The highest BCUT2D eigenvalue weighted by Gasteiger charge is 2.33. The minimum atomic E-state index is -0.403. The summed E-state index contributed by atoms with van der Waals surface area (Å²) in [7, 11) is 0. The number of carbonyl (C=O) groups is 2. The fourth-order valence-corrected chi connectivity index (χ4v) is 3.54. The third-order valence-electron chi connectivity index (χ3n) is 4.77. The molecule has 136 valence electrons. The van der Waals surface area contributed by atoms with E-state index in [0.29, 0.717) is 19.4 Å². The van der Waals surface area contributed by atoms with Gasteiger partial charge >= 0.3 is 0 Å². The van der Waals surface area contributed by atoms with Gasteiger partial charge < -0.3 is 10.2 Å². The number of nitrogens with one attached hydrogen (secondary N) is 1. The van der Waals surface area contributed by atoms with E-state index in [0.717, 1.165) is 29.7 Å². The molecule has 26 heavy (non-hydrogen) atoms. The van der Waals surface area contributed by atoms with E-state index in [1.165, 1.54) is 5.56 Å². The maximum atomic E-state index is 12.7. The number of hydrogen-bond acceptors (Lipinski definition) is 2. The van der Waals surface area contributed by atoms with Gasteiger partial charge in [-0.05, 0) is 61.9 Å². The second kappa shape index (κ2) is 8.17. The van der Waals surface area contributed by atoms with Crippen LogP contribution in [0.15, 0.2) is 48.5 Å². The Morgan fingerprint density at radius 2 is 1.81 bits per heavy atom. The van der Waals surface area contributed by atoms with Gasteiger partial charge in [-0.1, -0.05) is 36.4 Å². The van der Waals surface area contributed by atoms with Crippen LogP contribution in [0.2, 0.25) is 0 Å². The SMILES string of the molecule is Cc1cc(C)cc(N2CC[C@@H](NC(=O)CCCc3ccccc3)C2=O)c1. The van der Waals surface area contributed by atoms with Crippen LogP contribution in [0.3, 0.4) is 0 Å². The van der Waals surface area contributed by atoms with Crippen molar-refractivity contribution in [2.75, 3.05) is 11.4 Å². The topological polar surface area (TPSA) is 49.4 Å². The average molecular weight is 350 g/mol. The Balaban J connectivity index is 1.51. The predicted octanol–water partition coefficient (Wildman–Crippen LogP) is 3.55. The van der Waals surface area contributed by atoms with Gasteiger partial charge in [0.15, 0.2) is 0 Å². The second-order valence-electron chi connectivity index (χ2n) is 7.08. The van der Waals surface area contributed by atoms with Crippen LogP contribution in [-0.4, -0.2) is 24.4 Å². The van der Waals surface area contributed by atoms with Crippen molar-refractivity contribution in [2.24, 2.45) is 0 Å². The van der Waals surface area contributed by atoms with Gasteiger partial charge in [0.05, 0.1) is 0 Å². The van der Waals surface area contributed by atoms with Gasteiger partial charge in [-0.3, -0.25) is 9.59 Å². The first kappa shape index (κ1) is 18.2. The molecule has 1 fully saturated rings. The molecule has 2 aromatic rings. The lowest BCUT2D eigenvalue weighted by Gasteiger charge is -2.18. The molecule has 0 saturated carbocycles. The van der Waals surface area contributed by atoms with Crippen LogP contribution in [0.4, 0.5) is 5.69 Å². The van der Waals surface area contributed by atoms with Gasteiger partial charge in [0.1, 0.15) is 6.04 Å². The molecule has 1 atom stereocenters. The smallest absolute Gasteiger partial charge is 0.249 e. The van der Waals surface area contributed by atoms with Crippen LogP contribution >= 0.6 is 0 Å². The number of nitrogens with zero attached hydrogens (tertiary/aromatic N) is 1. The Bertz CT molecular complexity index is 766. The fourth-order valence-electron chi connectivity index (χ4n) is 3.54. The second-order valence-corrected chi connectivity index (χ2v) is 7.08. The van der Waals surface area contributed by atoms with Gasteiger partial charge in [-0.25, -0.2) is 0 Å². The zero-order valence-electron chi connectivity index (χ0n) is 15.5. The first-order valence-corrected chi connectivity index (χ1v) is 9.26. The molecule has 0 bridgehead atoms. The van der Waals surface area contributed by atoms with Gasteiger partial charge in [0.25, 0.3) is 0 Å². The number of anilines is 1. The van der Waals surface area contributed by atoms with Crippen molar-refractivity contribution in [1.82, 2.24) is 5.32 Å². The van der Waals surface area contributed by atoms with E-state index in [4.69, 9.17) is 0 Å². The summed E-state index contributed by atoms with van der Waals surface area (Å²) in [5.41, 5.74) is 4.44. The summed E-state index contributed by atoms with van der Waals surface area (Å²) < 4.78 is 0. The first-order valence-electron chi connectivity index (χ1n) is 9.26. The lowest BCUT2D eigenvalue weighted by molar-refractivity contribution is -0.126. The van der Waals surface area contributed by atoms with Crippen LogP contribution in [0.25, 0.3) is 0 Å². The molecule has 0 radical (unpaired) electrons. The Morgan fingerprint density at radius 3 is 2.50 bits per heavy atom. The highest BCUT2D eigenvalue weighted by atomic mass is 16.2. The molecular weight excluding hydrogens is 324 g/mol. The van der Waals surface area contributed by atoms with Crippen molar-refractivity contribution in [2.45, 2.75) is 45.6 Å². The normalized spacial score (nSPS) is 16.8. The minimum Gasteiger partial charge on any atom is -0.344 e. The van der Waals surface area contributed by atoms with Gasteiger partial charge in [0.2, 0.25) is 11.8 Å². The van der Waals surface area contributed by atoms with Crippen molar-refractivity contribution < 1.29 is 9.59 Å². The maximum absolute atomic E-state index is 12.7. The van der Waals surface area contributed by atoms with Crippen molar-refractivity contribution in [3.63, 3.8) is 0 Å². The van der Waals surface area contributed by atoms with Crippen LogP contribution in [0, 0.1) is 13.8 Å². The largest absolute Gasteiger partial charge is 0.344 e. The van der Waals surface area contributed by atoms with Gasteiger partial charge in [-0.2, -0.15) is 0 Å². The zero-order valence-corrected chi connectivity index (χ0v) is 15.5. The number of carbonyl (C=O) groups excluding carboxylic acids is 2. The van der Waals surface area contributed by atoms with E-state index in [1.54, 1.807) is 4.90 Å². The van der Waals surface area contributed by atoms with E-state index < -0.39 is 6.04 Å². The molecule has 0 unspecified atom stereocenters. The Hall–Kier alpha value is -2.62. The molecule has 4 heteroatoms. The summed E-state index contributed by atoms with van der Waals surface area (Å²) in [5.74, 6) is -0.0482. The van der Waals surface area contributed by atoms with E-state index in [-0.39, 0.29) is 11.8 Å². The van der Waals surface area contributed by atoms with Crippen LogP contribution in [0.1, 0.15) is 36.0 Å². The summed E-state index contributed by atoms with van der Waals surface area (Å²) in [5, 5.41) is 2.91. The molecule has 1 heterocycles. The standard InChI is InChI=1S/C22H26N2O2/c1-16-13-17(2)15-19(14-16)24-12-11-20(22(24)26)23-21(25)10-6-9-18-7-4-3-5-8-18/h3-5,7-8,13-15,20H,6,9-12H2,1-2H3,(H,23,25)/t20-/m1/s1. The highest BCUT2D eigenvalue weighted by molar-refractivity contribution is 6.01. The number of rotatable bonds is 6. The predicted molar refractivity (Wildman–Crippen MR) is 104 cm³/mol. The monoisotopic (exact) mass is 350 g/mol. The summed E-state index contributed by atoms with van der Waals surface area (Å²) in [6.45, 7) is 4.71. The van der Waals surface area contributed by atoms with Crippen molar-refractivity contribution in [3.05, 3.63) is 65.2 Å². The number of hydrogen-bond donors (Lipinski definition) is 1. The third kappa shape index (κ3) is 4.51. The lowest BCUT2D eigenvalue weighted by atomic mass is 10.1. The Kier molecular flexibility index (Phi) is 5.71. The molecule has 1 saturated heterocycles. The molecule has 2 aromatic carbocycles. The molecule has 0 aliphatic carbocycles. The zero-order chi connectivity index (χ0) is 18.5. The Labute approximate surface area is 155 Å². The van der Waals surface area contributed by atoms with E-state index in [2.05, 4.69) is 23.5 Å². The summed E-state index contributed by atoms with van der Waals surface area (Å²) in [6.07, 6.45) is 2.78. The Morgan fingerprint density at radius 1 is 1.12 bits per heavy atom. The van der Waals surface area contributed by atoms with Crippen molar-refractivity contribution in [3.8, 4) is 0 Å². The van der Waals surface area contributed by atoms with Crippen LogP contribution in [-0.2, 0) is 16.0 Å². The van der Waals surface area contributed by atoms with Crippen molar-refractivity contribution in [1.29, 1.82) is 0 Å². The first-order chi connectivity index (χ1) is 12.5. The molecular formula is C22H26N2O2. The summed E-state index contributed by atoms with van der Waals surface area (Å²) in [6, 6.07) is 15.9. The number of aryl methyl sites for hydroxylation is 3. The van der Waals surface area contributed by atoms with Gasteiger partial charge in [-0.15, -0.1) is 0 Å². The quantitative estimate of drug-likeness (QED) is 0.866. The van der Waals surface area contributed by atoms with Crippen LogP contribution < -0.4 is 10.2 Å². The summed E-state index contributed by atoms with van der Waals surface area (Å²) >= 11 is 0.